The third-order valence-electron chi connectivity index (χ3n) is 5.15. The first-order chi connectivity index (χ1) is 15.9. The van der Waals surface area contributed by atoms with Crippen LogP contribution in [0.25, 0.3) is 0 Å². The molecule has 0 bridgehead atoms. The minimum absolute atomic E-state index is 0.262. The van der Waals surface area contributed by atoms with Crippen molar-refractivity contribution >= 4 is 23.3 Å². The zero-order chi connectivity index (χ0) is 23.4. The molecule has 33 heavy (non-hydrogen) atoms. The molecule has 1 amide bonds. The molecule has 1 N–H and O–H groups in total. The van der Waals surface area contributed by atoms with Crippen LogP contribution in [0.2, 0.25) is 5.02 Å². The van der Waals surface area contributed by atoms with Gasteiger partial charge in [0.2, 0.25) is 0 Å². The molecule has 0 saturated carbocycles. The van der Waals surface area contributed by atoms with Crippen LogP contribution in [-0.2, 0) is 13.2 Å². The van der Waals surface area contributed by atoms with Gasteiger partial charge in [-0.15, -0.1) is 0 Å². The zero-order valence-electron chi connectivity index (χ0n) is 18.3. The Kier molecular flexibility index (Phi) is 6.75. The van der Waals surface area contributed by atoms with Crippen LogP contribution in [-0.4, -0.2) is 15.7 Å². The molecular weight excluding hydrogens is 441 g/mol. The Labute approximate surface area is 196 Å². The van der Waals surface area contributed by atoms with Gasteiger partial charge in [-0.05, 0) is 72.5 Å². The van der Waals surface area contributed by atoms with Crippen LogP contribution < -0.4 is 10.1 Å². The maximum atomic E-state index is 13.3. The van der Waals surface area contributed by atoms with Gasteiger partial charge in [0.1, 0.15) is 18.2 Å². The average Bonchev–Trinajstić information content (AvgIpc) is 3.22. The van der Waals surface area contributed by atoms with Crippen molar-refractivity contribution < 1.29 is 13.9 Å². The van der Waals surface area contributed by atoms with Crippen molar-refractivity contribution in [3.05, 3.63) is 112 Å². The molecule has 0 radical (unpaired) electrons. The summed E-state index contributed by atoms with van der Waals surface area (Å²) in [6.07, 6.45) is 1.74. The quantitative estimate of drug-likeness (QED) is 0.356. The average molecular weight is 464 g/mol. The monoisotopic (exact) mass is 463 g/mol. The number of nitrogens with zero attached hydrogens (tertiary/aromatic N) is 2. The second-order valence-electron chi connectivity index (χ2n) is 7.84. The highest BCUT2D eigenvalue weighted by molar-refractivity contribution is 6.32. The number of hydrogen-bond acceptors (Lipinski definition) is 3. The van der Waals surface area contributed by atoms with E-state index in [1.165, 1.54) is 12.1 Å². The van der Waals surface area contributed by atoms with E-state index >= 15 is 0 Å². The fraction of sp³-hybridized carbons (Fsp3) is 0.154. The van der Waals surface area contributed by atoms with Crippen molar-refractivity contribution in [3.63, 3.8) is 0 Å². The lowest BCUT2D eigenvalue weighted by atomic mass is 10.1. The van der Waals surface area contributed by atoms with E-state index in [9.17, 15) is 9.18 Å². The van der Waals surface area contributed by atoms with E-state index in [0.29, 0.717) is 24.5 Å². The number of aromatic nitrogens is 2. The molecule has 1 heterocycles. The molecule has 0 fully saturated rings. The summed E-state index contributed by atoms with van der Waals surface area (Å²) in [5.41, 5.74) is 4.18. The Morgan fingerprint density at radius 2 is 1.76 bits per heavy atom. The second-order valence-corrected chi connectivity index (χ2v) is 8.22. The van der Waals surface area contributed by atoms with Crippen LogP contribution in [0.15, 0.2) is 72.9 Å². The van der Waals surface area contributed by atoms with Crippen LogP contribution in [0, 0.1) is 19.7 Å². The van der Waals surface area contributed by atoms with Crippen molar-refractivity contribution in [2.75, 3.05) is 5.32 Å². The Morgan fingerprint density at radius 3 is 2.45 bits per heavy atom. The summed E-state index contributed by atoms with van der Waals surface area (Å²) in [6.45, 7) is 4.68. The molecule has 0 unspecified atom stereocenters. The fourth-order valence-electron chi connectivity index (χ4n) is 3.44. The zero-order valence-corrected chi connectivity index (χ0v) is 19.1. The van der Waals surface area contributed by atoms with Crippen LogP contribution >= 0.6 is 11.6 Å². The number of carbonyl (C=O) groups is 1. The summed E-state index contributed by atoms with van der Waals surface area (Å²) < 4.78 is 20.9. The van der Waals surface area contributed by atoms with Crippen molar-refractivity contribution in [1.29, 1.82) is 0 Å². The van der Waals surface area contributed by atoms with E-state index in [2.05, 4.69) is 10.4 Å². The molecule has 0 aliphatic carbocycles. The number of nitrogens with one attached hydrogen (secondary N) is 1. The lowest BCUT2D eigenvalue weighted by Crippen LogP contribution is -2.13. The highest BCUT2D eigenvalue weighted by Crippen LogP contribution is 2.26. The van der Waals surface area contributed by atoms with Crippen LogP contribution in [0.4, 0.5) is 10.2 Å². The second kappa shape index (κ2) is 9.88. The van der Waals surface area contributed by atoms with E-state index in [0.717, 1.165) is 33.0 Å². The maximum Gasteiger partial charge on any atom is 0.256 e. The van der Waals surface area contributed by atoms with Gasteiger partial charge < -0.3 is 10.1 Å². The van der Waals surface area contributed by atoms with Crippen molar-refractivity contribution in [2.24, 2.45) is 0 Å². The molecular formula is C26H23ClFN3O2. The largest absolute Gasteiger partial charge is 0.489 e. The van der Waals surface area contributed by atoms with E-state index in [1.54, 1.807) is 35.1 Å². The van der Waals surface area contributed by atoms with Crippen LogP contribution in [0.1, 0.15) is 32.6 Å². The lowest BCUT2D eigenvalue weighted by Gasteiger charge is -2.10. The topological polar surface area (TPSA) is 56.1 Å². The lowest BCUT2D eigenvalue weighted by molar-refractivity contribution is 0.102. The summed E-state index contributed by atoms with van der Waals surface area (Å²) in [6, 6.07) is 19.1. The number of benzene rings is 3. The molecule has 0 spiro atoms. The maximum absolute atomic E-state index is 13.3. The molecule has 0 atom stereocenters. The summed E-state index contributed by atoms with van der Waals surface area (Å²) in [5, 5.41) is 7.86. The molecule has 0 aliphatic heterocycles. The fourth-order valence-corrected chi connectivity index (χ4v) is 3.54. The van der Waals surface area contributed by atoms with E-state index in [4.69, 9.17) is 16.3 Å². The molecule has 4 rings (SSSR count). The van der Waals surface area contributed by atoms with Gasteiger partial charge in [-0.3, -0.25) is 9.48 Å². The summed E-state index contributed by atoms with van der Waals surface area (Å²) in [4.78, 5) is 12.6. The number of ether oxygens (including phenoxy) is 1. The minimum atomic E-state index is -0.291. The SMILES string of the molecule is Cc1cc(OCc2ccc(C(=O)Nc3ccn(Cc4cccc(F)c4)n3)cc2)cc(C)c1Cl. The van der Waals surface area contributed by atoms with Crippen LogP contribution in [0.5, 0.6) is 5.75 Å². The van der Waals surface area contributed by atoms with Crippen molar-refractivity contribution in [3.8, 4) is 5.75 Å². The predicted octanol–water partition coefficient (Wildman–Crippen LogP) is 6.17. The molecule has 4 aromatic rings. The van der Waals surface area contributed by atoms with E-state index < -0.39 is 0 Å². The number of anilines is 1. The normalized spacial score (nSPS) is 10.8. The van der Waals surface area contributed by atoms with Crippen molar-refractivity contribution in [2.45, 2.75) is 27.0 Å². The number of carbonyl (C=O) groups excluding carboxylic acids is 1. The number of hydrogen-bond donors (Lipinski definition) is 1. The minimum Gasteiger partial charge on any atom is -0.489 e. The van der Waals surface area contributed by atoms with Gasteiger partial charge >= 0.3 is 0 Å². The van der Waals surface area contributed by atoms with Gasteiger partial charge in [-0.1, -0.05) is 35.9 Å². The first-order valence-corrected chi connectivity index (χ1v) is 10.8. The molecule has 5 nitrogen and oxygen atoms in total. The van der Waals surface area contributed by atoms with Crippen molar-refractivity contribution in [1.82, 2.24) is 9.78 Å². The van der Waals surface area contributed by atoms with Gasteiger partial charge in [0, 0.05) is 22.8 Å². The molecule has 1 aromatic heterocycles. The molecule has 0 saturated heterocycles. The summed E-state index contributed by atoms with van der Waals surface area (Å²) in [5.74, 6) is 0.630. The van der Waals surface area contributed by atoms with Gasteiger partial charge in [0.05, 0.1) is 6.54 Å². The Hall–Kier alpha value is -3.64. The molecule has 0 aliphatic rings. The first-order valence-electron chi connectivity index (χ1n) is 10.4. The molecule has 3 aromatic carbocycles. The number of aryl methyl sites for hydroxylation is 2. The third kappa shape index (κ3) is 5.79. The standard InChI is InChI=1S/C26H23ClFN3O2/c1-17-12-23(13-18(2)25(17)27)33-16-19-6-8-21(9-7-19)26(32)29-24-10-11-31(30-24)15-20-4-3-5-22(28)14-20/h3-14H,15-16H2,1-2H3,(H,29,30,32). The third-order valence-corrected chi connectivity index (χ3v) is 5.74. The molecule has 7 heteroatoms. The Morgan fingerprint density at radius 1 is 1.03 bits per heavy atom. The predicted molar refractivity (Wildman–Crippen MR) is 127 cm³/mol. The smallest absolute Gasteiger partial charge is 0.256 e. The summed E-state index contributed by atoms with van der Waals surface area (Å²) >= 11 is 6.20. The van der Waals surface area contributed by atoms with Gasteiger partial charge in [-0.2, -0.15) is 5.10 Å². The van der Waals surface area contributed by atoms with E-state index in [1.807, 2.05) is 44.2 Å². The van der Waals surface area contributed by atoms with Gasteiger partial charge in [0.15, 0.2) is 5.82 Å². The Balaban J connectivity index is 1.33. The first kappa shape index (κ1) is 22.6. The summed E-state index contributed by atoms with van der Waals surface area (Å²) in [7, 11) is 0. The Bertz CT molecular complexity index is 1260. The van der Waals surface area contributed by atoms with E-state index in [-0.39, 0.29) is 11.7 Å². The molecule has 168 valence electrons. The highest BCUT2D eigenvalue weighted by atomic mass is 35.5. The van der Waals surface area contributed by atoms with Crippen LogP contribution in [0.3, 0.4) is 0 Å². The number of halogens is 2. The number of amides is 1. The van der Waals surface area contributed by atoms with Gasteiger partial charge in [0.25, 0.3) is 5.91 Å². The highest BCUT2D eigenvalue weighted by Gasteiger charge is 2.09. The van der Waals surface area contributed by atoms with Gasteiger partial charge in [-0.25, -0.2) is 4.39 Å². The number of rotatable bonds is 7.